The topological polar surface area (TPSA) is 81.3 Å². The quantitative estimate of drug-likeness (QED) is 0.689. The smallest absolute Gasteiger partial charge is 0.257 e. The maximum absolute atomic E-state index is 12.8. The second kappa shape index (κ2) is 8.62. The van der Waals surface area contributed by atoms with Crippen LogP contribution in [-0.4, -0.2) is 33.9 Å². The zero-order valence-corrected chi connectivity index (χ0v) is 17.5. The van der Waals surface area contributed by atoms with Gasteiger partial charge >= 0.3 is 0 Å². The number of aromatic nitrogens is 2. The van der Waals surface area contributed by atoms with Crippen molar-refractivity contribution in [3.05, 3.63) is 44.1 Å². The molecule has 0 saturated carbocycles. The minimum Gasteiger partial charge on any atom is -0.486 e. The molecule has 0 aliphatic heterocycles. The van der Waals surface area contributed by atoms with Crippen LogP contribution in [0.15, 0.2) is 27.1 Å². The largest absolute Gasteiger partial charge is 0.486 e. The van der Waals surface area contributed by atoms with Crippen molar-refractivity contribution in [1.82, 2.24) is 14.9 Å². The summed E-state index contributed by atoms with van der Waals surface area (Å²) in [5.41, 5.74) is 7.26. The fourth-order valence-electron chi connectivity index (χ4n) is 2.45. The van der Waals surface area contributed by atoms with Gasteiger partial charge in [0.25, 0.3) is 5.91 Å². The number of hydrogen-bond acceptors (Lipinski definition) is 5. The summed E-state index contributed by atoms with van der Waals surface area (Å²) < 4.78 is 7.58. The lowest BCUT2D eigenvalue weighted by atomic mass is 10.1. The van der Waals surface area contributed by atoms with Gasteiger partial charge in [0.2, 0.25) is 5.95 Å². The van der Waals surface area contributed by atoms with E-state index in [0.29, 0.717) is 35.8 Å². The number of nitrogens with two attached hydrogens (primary N) is 1. The van der Waals surface area contributed by atoms with Crippen LogP contribution in [0, 0.1) is 6.92 Å². The molecule has 0 unspecified atom stereocenters. The third-order valence-corrected chi connectivity index (χ3v) is 4.82. The Morgan fingerprint density at radius 1 is 1.24 bits per heavy atom. The van der Waals surface area contributed by atoms with Crippen LogP contribution in [0.5, 0.6) is 5.75 Å². The van der Waals surface area contributed by atoms with E-state index in [1.165, 1.54) is 0 Å². The van der Waals surface area contributed by atoms with Gasteiger partial charge in [0.05, 0.1) is 21.4 Å². The molecule has 0 spiro atoms. The molecule has 8 heteroatoms. The lowest BCUT2D eigenvalue weighted by molar-refractivity contribution is 0.0768. The molecule has 1 amide bonds. The number of benzene rings is 1. The zero-order valence-electron chi connectivity index (χ0n) is 14.3. The number of anilines is 1. The Balaban J connectivity index is 2.34. The van der Waals surface area contributed by atoms with Crippen LogP contribution in [0.25, 0.3) is 0 Å². The van der Waals surface area contributed by atoms with Gasteiger partial charge in [-0.3, -0.25) is 4.79 Å². The molecule has 0 radical (unpaired) electrons. The SMILES string of the molecule is CCN(CC)C(=O)c1c(C)nc(N)nc1COc1ccc(Br)cc1Br. The number of hydrogen-bond donors (Lipinski definition) is 1. The third kappa shape index (κ3) is 4.70. The molecule has 0 fully saturated rings. The average molecular weight is 472 g/mol. The molecule has 6 nitrogen and oxygen atoms in total. The monoisotopic (exact) mass is 470 g/mol. The van der Waals surface area contributed by atoms with E-state index in [1.807, 2.05) is 32.0 Å². The van der Waals surface area contributed by atoms with Gasteiger partial charge in [0, 0.05) is 17.6 Å². The molecular weight excluding hydrogens is 452 g/mol. The summed E-state index contributed by atoms with van der Waals surface area (Å²) in [7, 11) is 0. The number of nitrogen functional groups attached to an aromatic ring is 1. The number of amides is 1. The highest BCUT2D eigenvalue weighted by atomic mass is 79.9. The van der Waals surface area contributed by atoms with E-state index >= 15 is 0 Å². The average Bonchev–Trinajstić information content (AvgIpc) is 2.54. The molecular formula is C17H20Br2N4O2. The highest BCUT2D eigenvalue weighted by molar-refractivity contribution is 9.11. The molecule has 134 valence electrons. The molecule has 25 heavy (non-hydrogen) atoms. The Morgan fingerprint density at radius 3 is 2.52 bits per heavy atom. The summed E-state index contributed by atoms with van der Waals surface area (Å²) in [4.78, 5) is 22.9. The first kappa shape index (κ1) is 19.7. The van der Waals surface area contributed by atoms with Crippen molar-refractivity contribution in [3.8, 4) is 5.75 Å². The standard InChI is InChI=1S/C17H20Br2N4O2/c1-4-23(5-2)16(24)15-10(3)21-17(20)22-13(15)9-25-14-7-6-11(18)8-12(14)19/h6-8H,4-5,9H2,1-3H3,(H2,20,21,22). The van der Waals surface area contributed by atoms with Crippen molar-refractivity contribution in [3.63, 3.8) is 0 Å². The summed E-state index contributed by atoms with van der Waals surface area (Å²) in [5.74, 6) is 0.664. The van der Waals surface area contributed by atoms with E-state index in [2.05, 4.69) is 41.8 Å². The van der Waals surface area contributed by atoms with E-state index < -0.39 is 0 Å². The van der Waals surface area contributed by atoms with Crippen LogP contribution < -0.4 is 10.5 Å². The van der Waals surface area contributed by atoms with Crippen LogP contribution >= 0.6 is 31.9 Å². The van der Waals surface area contributed by atoms with Gasteiger partial charge < -0.3 is 15.4 Å². The third-order valence-electron chi connectivity index (χ3n) is 3.70. The van der Waals surface area contributed by atoms with Crippen molar-refractivity contribution in [2.24, 2.45) is 0 Å². The second-order valence-corrected chi connectivity index (χ2v) is 7.10. The summed E-state index contributed by atoms with van der Waals surface area (Å²) in [6, 6.07) is 5.59. The maximum atomic E-state index is 12.8. The first-order chi connectivity index (χ1) is 11.9. The molecule has 1 aromatic carbocycles. The van der Waals surface area contributed by atoms with Crippen LogP contribution in [0.4, 0.5) is 5.95 Å². The van der Waals surface area contributed by atoms with Crippen molar-refractivity contribution >= 4 is 43.7 Å². The molecule has 0 atom stereocenters. The normalized spacial score (nSPS) is 10.6. The molecule has 0 bridgehead atoms. The molecule has 2 rings (SSSR count). The Morgan fingerprint density at radius 2 is 1.92 bits per heavy atom. The van der Waals surface area contributed by atoms with Crippen molar-refractivity contribution in [2.75, 3.05) is 18.8 Å². The van der Waals surface area contributed by atoms with Crippen LogP contribution in [0.1, 0.15) is 35.6 Å². The molecule has 1 heterocycles. The molecule has 0 aliphatic rings. The summed E-state index contributed by atoms with van der Waals surface area (Å²) >= 11 is 6.86. The van der Waals surface area contributed by atoms with E-state index in [4.69, 9.17) is 10.5 Å². The molecule has 1 aromatic heterocycles. The van der Waals surface area contributed by atoms with Crippen LogP contribution in [0.2, 0.25) is 0 Å². The molecule has 2 aromatic rings. The molecule has 0 aliphatic carbocycles. The molecule has 2 N–H and O–H groups in total. The number of ether oxygens (including phenoxy) is 1. The summed E-state index contributed by atoms with van der Waals surface area (Å²) in [6.07, 6.45) is 0. The van der Waals surface area contributed by atoms with Crippen molar-refractivity contribution < 1.29 is 9.53 Å². The van der Waals surface area contributed by atoms with Gasteiger partial charge in [-0.05, 0) is 54.9 Å². The lowest BCUT2D eigenvalue weighted by Crippen LogP contribution is -2.32. The number of aryl methyl sites for hydroxylation is 1. The van der Waals surface area contributed by atoms with Gasteiger partial charge in [-0.15, -0.1) is 0 Å². The minimum absolute atomic E-state index is 0.115. The Bertz CT molecular complexity index is 779. The zero-order chi connectivity index (χ0) is 18.6. The highest BCUT2D eigenvalue weighted by Crippen LogP contribution is 2.29. The first-order valence-corrected chi connectivity index (χ1v) is 9.46. The van der Waals surface area contributed by atoms with E-state index in [-0.39, 0.29) is 18.5 Å². The van der Waals surface area contributed by atoms with Crippen LogP contribution in [-0.2, 0) is 6.61 Å². The number of halogens is 2. The van der Waals surface area contributed by atoms with Gasteiger partial charge in [0.15, 0.2) is 0 Å². The number of rotatable bonds is 6. The van der Waals surface area contributed by atoms with Gasteiger partial charge in [-0.1, -0.05) is 15.9 Å². The number of carbonyl (C=O) groups excluding carboxylic acids is 1. The first-order valence-electron chi connectivity index (χ1n) is 7.87. The predicted molar refractivity (Wildman–Crippen MR) is 105 cm³/mol. The Hall–Kier alpha value is -1.67. The van der Waals surface area contributed by atoms with Crippen LogP contribution in [0.3, 0.4) is 0 Å². The van der Waals surface area contributed by atoms with Gasteiger partial charge in [-0.25, -0.2) is 9.97 Å². The fourth-order valence-corrected chi connectivity index (χ4v) is 3.61. The maximum Gasteiger partial charge on any atom is 0.257 e. The highest BCUT2D eigenvalue weighted by Gasteiger charge is 2.22. The fraction of sp³-hybridized carbons (Fsp3) is 0.353. The second-order valence-electron chi connectivity index (χ2n) is 5.33. The van der Waals surface area contributed by atoms with Gasteiger partial charge in [0.1, 0.15) is 12.4 Å². The van der Waals surface area contributed by atoms with E-state index in [0.717, 1.165) is 8.95 Å². The Labute approximate surface area is 164 Å². The number of nitrogens with zero attached hydrogens (tertiary/aromatic N) is 3. The lowest BCUT2D eigenvalue weighted by Gasteiger charge is -2.21. The summed E-state index contributed by atoms with van der Waals surface area (Å²) in [6.45, 7) is 6.97. The summed E-state index contributed by atoms with van der Waals surface area (Å²) in [5, 5.41) is 0. The Kier molecular flexibility index (Phi) is 6.78. The molecule has 0 saturated heterocycles. The van der Waals surface area contributed by atoms with Gasteiger partial charge in [-0.2, -0.15) is 0 Å². The predicted octanol–water partition coefficient (Wildman–Crippen LogP) is 3.95. The van der Waals surface area contributed by atoms with Crippen molar-refractivity contribution in [1.29, 1.82) is 0 Å². The van der Waals surface area contributed by atoms with E-state index in [1.54, 1.807) is 11.8 Å². The van der Waals surface area contributed by atoms with E-state index in [9.17, 15) is 4.79 Å². The minimum atomic E-state index is -0.115. The van der Waals surface area contributed by atoms with Crippen molar-refractivity contribution in [2.45, 2.75) is 27.4 Å². The number of carbonyl (C=O) groups is 1.